The van der Waals surface area contributed by atoms with Crippen LogP contribution in [-0.2, 0) is 4.74 Å². The molecule has 0 bridgehead atoms. The van der Waals surface area contributed by atoms with Gasteiger partial charge < -0.3 is 20.2 Å². The Morgan fingerprint density at radius 1 is 1.25 bits per heavy atom. The summed E-state index contributed by atoms with van der Waals surface area (Å²) in [6.45, 7) is 8.76. The van der Waals surface area contributed by atoms with Crippen LogP contribution >= 0.6 is 0 Å². The number of ether oxygens (including phenoxy) is 2. The third-order valence-corrected chi connectivity index (χ3v) is 5.40. The van der Waals surface area contributed by atoms with Crippen molar-refractivity contribution >= 4 is 16.8 Å². The molecule has 3 N–H and O–H groups in total. The van der Waals surface area contributed by atoms with E-state index in [-0.39, 0.29) is 34.6 Å². The maximum Gasteiger partial charge on any atom is 0.268 e. The maximum absolute atomic E-state index is 12.3. The Morgan fingerprint density at radius 3 is 2.62 bits per heavy atom. The second-order valence-corrected chi connectivity index (χ2v) is 8.39. The van der Waals surface area contributed by atoms with Crippen LogP contribution in [0.3, 0.4) is 0 Å². The van der Waals surface area contributed by atoms with Gasteiger partial charge in [0.2, 0.25) is 0 Å². The van der Waals surface area contributed by atoms with Gasteiger partial charge in [0, 0.05) is 23.9 Å². The summed E-state index contributed by atoms with van der Waals surface area (Å²) in [6, 6.07) is 11.3. The summed E-state index contributed by atoms with van der Waals surface area (Å²) in [7, 11) is 0. The zero-order chi connectivity index (χ0) is 23.3. The topological polar surface area (TPSA) is 107 Å². The SMILES string of the molecule is CC1CCC(c2cc(=O)c3c(C(N)=O)nccc3[nH]2)CO1.Cc1ccccc1OC(C)C. The number of pyridine rings is 2. The fourth-order valence-corrected chi connectivity index (χ4v) is 3.70. The predicted octanol–water partition coefficient (Wildman–Crippen LogP) is 4.09. The number of nitrogens with zero attached hydrogens (tertiary/aromatic N) is 1. The summed E-state index contributed by atoms with van der Waals surface area (Å²) in [5, 5.41) is 0.249. The first-order chi connectivity index (χ1) is 15.3. The first-order valence-electron chi connectivity index (χ1n) is 10.9. The zero-order valence-electron chi connectivity index (χ0n) is 19.1. The monoisotopic (exact) mass is 437 g/mol. The van der Waals surface area contributed by atoms with Gasteiger partial charge in [-0.1, -0.05) is 18.2 Å². The van der Waals surface area contributed by atoms with Gasteiger partial charge in [-0.2, -0.15) is 0 Å². The second-order valence-electron chi connectivity index (χ2n) is 8.39. The summed E-state index contributed by atoms with van der Waals surface area (Å²) >= 11 is 0. The van der Waals surface area contributed by atoms with Crippen LogP contribution in [0.5, 0.6) is 5.75 Å². The summed E-state index contributed by atoms with van der Waals surface area (Å²) in [4.78, 5) is 30.8. The lowest BCUT2D eigenvalue weighted by Gasteiger charge is -2.27. The van der Waals surface area contributed by atoms with Crippen LogP contribution in [0.15, 0.2) is 47.4 Å². The molecule has 0 spiro atoms. The number of hydrogen-bond donors (Lipinski definition) is 2. The van der Waals surface area contributed by atoms with Gasteiger partial charge in [-0.15, -0.1) is 0 Å². The highest BCUT2D eigenvalue weighted by Crippen LogP contribution is 2.27. The molecule has 3 heterocycles. The molecule has 170 valence electrons. The minimum Gasteiger partial charge on any atom is -0.491 e. The van der Waals surface area contributed by atoms with Crippen LogP contribution in [0.1, 0.15) is 61.3 Å². The number of aromatic nitrogens is 2. The number of primary amides is 1. The minimum atomic E-state index is -0.700. The van der Waals surface area contributed by atoms with Gasteiger partial charge in [-0.3, -0.25) is 14.6 Å². The Balaban J connectivity index is 0.000000222. The number of amides is 1. The lowest BCUT2D eigenvalue weighted by molar-refractivity contribution is 0.0147. The summed E-state index contributed by atoms with van der Waals surface area (Å²) in [5.74, 6) is 0.458. The number of fused-ring (bicyclic) bond motifs is 1. The van der Waals surface area contributed by atoms with E-state index in [4.69, 9.17) is 15.2 Å². The molecule has 0 saturated carbocycles. The van der Waals surface area contributed by atoms with E-state index in [1.165, 1.54) is 17.8 Å². The Kier molecular flexibility index (Phi) is 7.64. The number of aryl methyl sites for hydroxylation is 1. The molecule has 7 nitrogen and oxygen atoms in total. The average Bonchev–Trinajstić information content (AvgIpc) is 2.75. The third-order valence-electron chi connectivity index (χ3n) is 5.40. The van der Waals surface area contributed by atoms with Gasteiger partial charge in [-0.05, 0) is 58.2 Å². The molecular formula is C25H31N3O4. The highest BCUT2D eigenvalue weighted by atomic mass is 16.5. The smallest absolute Gasteiger partial charge is 0.268 e. The molecule has 4 rings (SSSR count). The van der Waals surface area contributed by atoms with Crippen molar-refractivity contribution in [3.05, 3.63) is 69.8 Å². The highest BCUT2D eigenvalue weighted by Gasteiger charge is 2.22. The van der Waals surface area contributed by atoms with Crippen molar-refractivity contribution in [3.8, 4) is 5.75 Å². The molecule has 1 saturated heterocycles. The van der Waals surface area contributed by atoms with E-state index in [1.807, 2.05) is 39.0 Å². The molecule has 1 fully saturated rings. The van der Waals surface area contributed by atoms with Crippen molar-refractivity contribution < 1.29 is 14.3 Å². The summed E-state index contributed by atoms with van der Waals surface area (Å²) in [5.41, 5.74) is 7.66. The third kappa shape index (κ3) is 5.73. The number of nitrogens with two attached hydrogens (primary N) is 1. The molecule has 0 aliphatic carbocycles. The van der Waals surface area contributed by atoms with E-state index in [1.54, 1.807) is 6.07 Å². The quantitative estimate of drug-likeness (QED) is 0.639. The molecule has 1 amide bonds. The molecule has 2 aromatic heterocycles. The van der Waals surface area contributed by atoms with E-state index in [9.17, 15) is 9.59 Å². The Bertz CT molecular complexity index is 1130. The molecular weight excluding hydrogens is 406 g/mol. The molecule has 2 atom stereocenters. The average molecular weight is 438 g/mol. The fraction of sp³-hybridized carbons (Fsp3) is 0.400. The number of rotatable bonds is 4. The molecule has 0 radical (unpaired) electrons. The largest absolute Gasteiger partial charge is 0.491 e. The molecule has 3 aromatic rings. The summed E-state index contributed by atoms with van der Waals surface area (Å²) in [6.07, 6.45) is 3.93. The number of hydrogen-bond acceptors (Lipinski definition) is 5. The first-order valence-corrected chi connectivity index (χ1v) is 10.9. The van der Waals surface area contributed by atoms with Crippen LogP contribution in [0, 0.1) is 6.92 Å². The van der Waals surface area contributed by atoms with Crippen molar-refractivity contribution in [1.29, 1.82) is 0 Å². The van der Waals surface area contributed by atoms with Crippen LogP contribution in [0.4, 0.5) is 0 Å². The lowest BCUT2D eigenvalue weighted by atomic mass is 9.95. The normalized spacial score (nSPS) is 18.2. The molecule has 32 heavy (non-hydrogen) atoms. The second kappa shape index (κ2) is 10.4. The van der Waals surface area contributed by atoms with Crippen molar-refractivity contribution in [2.45, 2.75) is 58.7 Å². The first kappa shape index (κ1) is 23.5. The Hall–Kier alpha value is -3.19. The zero-order valence-corrected chi connectivity index (χ0v) is 19.1. The number of carbonyl (C=O) groups is 1. The molecule has 7 heteroatoms. The van der Waals surface area contributed by atoms with Crippen molar-refractivity contribution in [2.24, 2.45) is 5.73 Å². The fourth-order valence-electron chi connectivity index (χ4n) is 3.70. The van der Waals surface area contributed by atoms with Gasteiger partial charge in [0.15, 0.2) is 5.43 Å². The van der Waals surface area contributed by atoms with Crippen molar-refractivity contribution in [1.82, 2.24) is 9.97 Å². The highest BCUT2D eigenvalue weighted by molar-refractivity contribution is 6.03. The van der Waals surface area contributed by atoms with Crippen LogP contribution in [0.25, 0.3) is 10.9 Å². The molecule has 2 unspecified atom stereocenters. The number of carbonyl (C=O) groups excluding carboxylic acids is 1. The predicted molar refractivity (Wildman–Crippen MR) is 125 cm³/mol. The van der Waals surface area contributed by atoms with Crippen LogP contribution in [-0.4, -0.2) is 34.7 Å². The van der Waals surface area contributed by atoms with Crippen molar-refractivity contribution in [3.63, 3.8) is 0 Å². The molecule has 1 aromatic carbocycles. The maximum atomic E-state index is 12.3. The van der Waals surface area contributed by atoms with Gasteiger partial charge in [0.1, 0.15) is 11.4 Å². The van der Waals surface area contributed by atoms with Crippen molar-refractivity contribution in [2.75, 3.05) is 6.61 Å². The Morgan fingerprint density at radius 2 is 2.00 bits per heavy atom. The van der Waals surface area contributed by atoms with Crippen LogP contribution in [0.2, 0.25) is 0 Å². The number of benzene rings is 1. The van der Waals surface area contributed by atoms with E-state index in [0.717, 1.165) is 24.3 Å². The Labute approximate surface area is 188 Å². The van der Waals surface area contributed by atoms with E-state index < -0.39 is 5.91 Å². The number of para-hydroxylation sites is 1. The molecule has 1 aliphatic rings. The standard InChI is InChI=1S/C15H17N3O3.C10H14O/c1-8-2-3-9(7-21-8)11-6-12(19)13-10(18-11)4-5-17-14(13)15(16)20;1-8(2)11-10-7-5-4-6-9(10)3/h4-6,8-9H,2-3,7H2,1H3,(H2,16,20)(H,18,19);4-8H,1-3H3. The van der Waals surface area contributed by atoms with E-state index >= 15 is 0 Å². The lowest BCUT2D eigenvalue weighted by Crippen LogP contribution is -2.24. The number of nitrogens with one attached hydrogen (secondary N) is 1. The van der Waals surface area contributed by atoms with Crippen LogP contribution < -0.4 is 15.9 Å². The minimum absolute atomic E-state index is 0.00816. The van der Waals surface area contributed by atoms with Gasteiger partial charge in [-0.25, -0.2) is 0 Å². The molecule has 1 aliphatic heterocycles. The van der Waals surface area contributed by atoms with Gasteiger partial charge >= 0.3 is 0 Å². The van der Waals surface area contributed by atoms with Gasteiger partial charge in [0.25, 0.3) is 5.91 Å². The van der Waals surface area contributed by atoms with Gasteiger partial charge in [0.05, 0.1) is 29.7 Å². The van der Waals surface area contributed by atoms with E-state index in [2.05, 4.69) is 23.0 Å². The number of aromatic amines is 1. The summed E-state index contributed by atoms with van der Waals surface area (Å²) < 4.78 is 11.2. The number of H-pyrrole nitrogens is 1. The van der Waals surface area contributed by atoms with E-state index in [0.29, 0.717) is 12.1 Å².